The minimum atomic E-state index is -0.917. The molecular formula is C29H42IN7O5. The van der Waals surface area contributed by atoms with Crippen molar-refractivity contribution in [2.45, 2.75) is 95.1 Å². The van der Waals surface area contributed by atoms with Crippen molar-refractivity contribution in [1.29, 1.82) is 0 Å². The van der Waals surface area contributed by atoms with Gasteiger partial charge in [0.05, 0.1) is 6.04 Å². The van der Waals surface area contributed by atoms with Crippen LogP contribution in [-0.4, -0.2) is 67.4 Å². The smallest absolute Gasteiger partial charge is 0.248 e. The number of likely N-dealkylation sites (N-methyl/N-ethyl adjacent to an activating group) is 1. The van der Waals surface area contributed by atoms with E-state index >= 15 is 0 Å². The van der Waals surface area contributed by atoms with Crippen LogP contribution < -0.4 is 21.3 Å². The molecule has 0 radical (unpaired) electrons. The number of aromatic nitrogens is 2. The number of carbonyl (C=O) groups is 4. The molecule has 2 aromatic rings. The lowest BCUT2D eigenvalue weighted by Gasteiger charge is -2.32. The van der Waals surface area contributed by atoms with Crippen molar-refractivity contribution < 1.29 is 23.6 Å². The quantitative estimate of drug-likeness (QED) is 0.204. The monoisotopic (exact) mass is 695 g/mol. The molecule has 0 saturated carbocycles. The number of carbonyl (C=O) groups excluding carboxylic acids is 4. The van der Waals surface area contributed by atoms with Crippen LogP contribution in [0.4, 0.5) is 0 Å². The third kappa shape index (κ3) is 8.72. The van der Waals surface area contributed by atoms with Crippen LogP contribution in [0, 0.1) is 5.92 Å². The number of fused-ring (bicyclic) bond motifs is 2. The van der Waals surface area contributed by atoms with Gasteiger partial charge in [0.2, 0.25) is 35.4 Å². The van der Waals surface area contributed by atoms with Crippen LogP contribution in [0.25, 0.3) is 0 Å². The van der Waals surface area contributed by atoms with Crippen molar-refractivity contribution in [3.8, 4) is 0 Å². The van der Waals surface area contributed by atoms with Crippen LogP contribution in [-0.2, 0) is 25.6 Å². The molecule has 4 amide bonds. The predicted molar refractivity (Wildman–Crippen MR) is 165 cm³/mol. The maximum Gasteiger partial charge on any atom is 0.248 e. The maximum atomic E-state index is 13.4. The Kier molecular flexibility index (Phi) is 12.3. The first-order chi connectivity index (χ1) is 19.9. The minimum absolute atomic E-state index is 0.0812. The molecule has 1 aliphatic heterocycles. The molecule has 6 atom stereocenters. The Morgan fingerprint density at radius 2 is 1.40 bits per heavy atom. The van der Waals surface area contributed by atoms with E-state index in [0.717, 1.165) is 5.56 Å². The summed E-state index contributed by atoms with van der Waals surface area (Å²) in [4.78, 5) is 54.9. The van der Waals surface area contributed by atoms with E-state index in [1.807, 2.05) is 85.5 Å². The lowest BCUT2D eigenvalue weighted by molar-refractivity contribution is -0.134. The van der Waals surface area contributed by atoms with Crippen LogP contribution in [0.3, 0.4) is 0 Å². The fraction of sp³-hybridized carbons (Fsp3) is 0.586. The number of halogens is 1. The Labute approximate surface area is 260 Å². The van der Waals surface area contributed by atoms with Crippen LogP contribution in [0.15, 0.2) is 34.7 Å². The molecule has 12 nitrogen and oxygen atoms in total. The second kappa shape index (κ2) is 15.4. The van der Waals surface area contributed by atoms with Gasteiger partial charge in [-0.25, -0.2) is 0 Å². The Hall–Kier alpha value is -3.07. The van der Waals surface area contributed by atoms with Crippen LogP contribution in [0.5, 0.6) is 0 Å². The van der Waals surface area contributed by atoms with Gasteiger partial charge in [-0.05, 0) is 44.7 Å². The maximum absolute atomic E-state index is 13.4. The highest BCUT2D eigenvalue weighted by atomic mass is 127. The second-order valence-electron chi connectivity index (χ2n) is 11.0. The zero-order valence-corrected chi connectivity index (χ0v) is 27.2. The van der Waals surface area contributed by atoms with Crippen molar-refractivity contribution >= 4 is 46.2 Å². The number of alkyl halides is 1. The van der Waals surface area contributed by atoms with Gasteiger partial charge in [-0.15, -0.1) is 10.2 Å². The lowest BCUT2D eigenvalue weighted by atomic mass is 10.0. The molecule has 230 valence electrons. The normalized spacial score (nSPS) is 27.0. The van der Waals surface area contributed by atoms with E-state index < -0.39 is 45.9 Å². The molecule has 0 spiro atoms. The highest BCUT2D eigenvalue weighted by Crippen LogP contribution is 2.29. The SMILES string of the molecule is CCC1c2nnc(o2)[C@H](Cc2ccccc2)NC(=O)[C@H](C)NC(=O)[C@H](CC(C)C)NC(=O)[C@H](C)NC(=O)[C@H](I)N1CC. The summed E-state index contributed by atoms with van der Waals surface area (Å²) in [6, 6.07) is 5.83. The van der Waals surface area contributed by atoms with Gasteiger partial charge in [0.1, 0.15) is 28.2 Å². The van der Waals surface area contributed by atoms with Gasteiger partial charge in [-0.1, -0.05) is 80.6 Å². The molecular weight excluding hydrogens is 653 g/mol. The Bertz CT molecular complexity index is 1220. The van der Waals surface area contributed by atoms with Crippen molar-refractivity contribution in [2.75, 3.05) is 6.54 Å². The number of nitrogens with one attached hydrogen (secondary N) is 4. The molecule has 42 heavy (non-hydrogen) atoms. The van der Waals surface area contributed by atoms with E-state index in [1.165, 1.54) is 0 Å². The van der Waals surface area contributed by atoms with Crippen molar-refractivity contribution in [3.63, 3.8) is 0 Å². The Balaban J connectivity index is 2.03. The van der Waals surface area contributed by atoms with Crippen molar-refractivity contribution in [3.05, 3.63) is 47.7 Å². The summed E-state index contributed by atoms with van der Waals surface area (Å²) < 4.78 is 5.52. The molecule has 0 saturated heterocycles. The van der Waals surface area contributed by atoms with E-state index in [1.54, 1.807) is 13.8 Å². The van der Waals surface area contributed by atoms with E-state index in [9.17, 15) is 19.2 Å². The summed E-state index contributed by atoms with van der Waals surface area (Å²) in [5.74, 6) is -1.15. The fourth-order valence-corrected chi connectivity index (χ4v) is 5.80. The molecule has 1 aliphatic rings. The zero-order valence-electron chi connectivity index (χ0n) is 25.0. The Morgan fingerprint density at radius 3 is 1.98 bits per heavy atom. The number of benzene rings is 1. The molecule has 13 heteroatoms. The lowest BCUT2D eigenvalue weighted by Crippen LogP contribution is -2.57. The molecule has 0 fully saturated rings. The summed E-state index contributed by atoms with van der Waals surface area (Å²) >= 11 is 2.04. The number of rotatable bonds is 6. The Morgan fingerprint density at radius 1 is 0.833 bits per heavy atom. The highest BCUT2D eigenvalue weighted by molar-refractivity contribution is 14.1. The number of amides is 4. The van der Waals surface area contributed by atoms with Gasteiger partial charge in [-0.2, -0.15) is 0 Å². The molecule has 1 aromatic heterocycles. The summed E-state index contributed by atoms with van der Waals surface area (Å²) in [5, 5.41) is 19.8. The molecule has 3 rings (SSSR count). The number of hydrogen-bond acceptors (Lipinski definition) is 8. The summed E-state index contributed by atoms with van der Waals surface area (Å²) in [6.07, 6.45) is 1.31. The first kappa shape index (κ1) is 33.4. The van der Waals surface area contributed by atoms with Crippen LogP contribution in [0.1, 0.15) is 83.8 Å². The fourth-order valence-electron chi connectivity index (χ4n) is 4.84. The molecule has 2 bridgehead atoms. The minimum Gasteiger partial charge on any atom is -0.421 e. The average molecular weight is 696 g/mol. The third-order valence-electron chi connectivity index (χ3n) is 7.14. The average Bonchev–Trinajstić information content (AvgIpc) is 3.44. The van der Waals surface area contributed by atoms with Gasteiger partial charge >= 0.3 is 0 Å². The highest BCUT2D eigenvalue weighted by Gasteiger charge is 2.35. The van der Waals surface area contributed by atoms with Gasteiger partial charge in [0.15, 0.2) is 0 Å². The van der Waals surface area contributed by atoms with Gasteiger partial charge < -0.3 is 25.7 Å². The van der Waals surface area contributed by atoms with Crippen LogP contribution in [0.2, 0.25) is 0 Å². The topological polar surface area (TPSA) is 159 Å². The standard InChI is InChI=1S/C29H42IN7O5/c1-7-22-29-36-35-28(42-29)21(15-19-12-10-9-11-13-19)34-25(39)17(5)31-26(40)20(14-16(3)4)33-24(38)18(6)32-27(41)23(30)37(22)8-2/h9-13,16-18,20-23H,7-8,14-15H2,1-6H3,(H,31,40)(H,32,41)(H,33,38)(H,34,39)/t17-,18-,20-,21-,22?,23+/m0/s1. The molecule has 1 unspecified atom stereocenters. The van der Waals surface area contributed by atoms with E-state index in [2.05, 4.69) is 31.5 Å². The van der Waals surface area contributed by atoms with Gasteiger partial charge in [0, 0.05) is 6.42 Å². The largest absolute Gasteiger partial charge is 0.421 e. The molecule has 4 N–H and O–H groups in total. The first-order valence-electron chi connectivity index (χ1n) is 14.4. The summed E-state index contributed by atoms with van der Waals surface area (Å²) in [7, 11) is 0. The summed E-state index contributed by atoms with van der Waals surface area (Å²) in [6.45, 7) is 11.4. The van der Waals surface area contributed by atoms with Gasteiger partial charge in [-0.3, -0.25) is 24.1 Å². The number of nitrogens with zero attached hydrogens (tertiary/aromatic N) is 3. The van der Waals surface area contributed by atoms with Gasteiger partial charge in [0.25, 0.3) is 0 Å². The van der Waals surface area contributed by atoms with Crippen molar-refractivity contribution in [2.24, 2.45) is 5.92 Å². The zero-order chi connectivity index (χ0) is 31.0. The molecule has 2 heterocycles. The molecule has 1 aromatic carbocycles. The first-order valence-corrected chi connectivity index (χ1v) is 15.7. The van der Waals surface area contributed by atoms with E-state index in [-0.39, 0.29) is 23.8 Å². The third-order valence-corrected chi connectivity index (χ3v) is 8.42. The second-order valence-corrected chi connectivity index (χ2v) is 12.2. The van der Waals surface area contributed by atoms with E-state index in [0.29, 0.717) is 31.7 Å². The van der Waals surface area contributed by atoms with Crippen LogP contribution >= 0.6 is 22.6 Å². The summed E-state index contributed by atoms with van der Waals surface area (Å²) in [5.41, 5.74) is 0.946. The number of hydrogen-bond donors (Lipinski definition) is 4. The van der Waals surface area contributed by atoms with Crippen molar-refractivity contribution in [1.82, 2.24) is 36.4 Å². The molecule has 0 aliphatic carbocycles. The predicted octanol–water partition coefficient (Wildman–Crippen LogP) is 2.56. The van der Waals surface area contributed by atoms with E-state index in [4.69, 9.17) is 4.42 Å².